The molecule has 0 atom stereocenters. The molecule has 0 unspecified atom stereocenters. The van der Waals surface area contributed by atoms with Crippen molar-refractivity contribution in [1.82, 2.24) is 19.7 Å². The molecule has 0 saturated carbocycles. The van der Waals surface area contributed by atoms with Gasteiger partial charge in [0.1, 0.15) is 0 Å². The van der Waals surface area contributed by atoms with Crippen molar-refractivity contribution >= 4 is 21.7 Å². The first-order valence-corrected chi connectivity index (χ1v) is 8.73. The van der Waals surface area contributed by atoms with Crippen LogP contribution in [0.4, 0.5) is 0 Å². The summed E-state index contributed by atoms with van der Waals surface area (Å²) in [5, 5.41) is 17.9. The summed E-state index contributed by atoms with van der Waals surface area (Å²) >= 11 is 0. The summed E-state index contributed by atoms with van der Waals surface area (Å²) in [4.78, 5) is 9.04. The summed E-state index contributed by atoms with van der Waals surface area (Å²) < 4.78 is 1.86. The van der Waals surface area contributed by atoms with Crippen molar-refractivity contribution in [1.29, 1.82) is 0 Å². The summed E-state index contributed by atoms with van der Waals surface area (Å²) in [6.07, 6.45) is 5.60. The molecule has 0 spiro atoms. The molecule has 0 aliphatic heterocycles. The van der Waals surface area contributed by atoms with Gasteiger partial charge in [0.05, 0.1) is 29.6 Å². The van der Waals surface area contributed by atoms with Crippen LogP contribution in [0.25, 0.3) is 32.9 Å². The quantitative estimate of drug-likeness (QED) is 0.608. The number of hydrogen-bond donors (Lipinski definition) is 1. The zero-order chi connectivity index (χ0) is 18.5. The van der Waals surface area contributed by atoms with Gasteiger partial charge in [-0.05, 0) is 51.5 Å². The Morgan fingerprint density at radius 2 is 1.85 bits per heavy atom. The van der Waals surface area contributed by atoms with E-state index < -0.39 is 5.60 Å². The van der Waals surface area contributed by atoms with Gasteiger partial charge in [-0.15, -0.1) is 0 Å². The number of hydrogen-bond acceptors (Lipinski definition) is 4. The molecule has 0 fully saturated rings. The molecule has 26 heavy (non-hydrogen) atoms. The van der Waals surface area contributed by atoms with Gasteiger partial charge in [-0.1, -0.05) is 6.07 Å². The fraction of sp³-hybridized carbons (Fsp3) is 0.286. The van der Waals surface area contributed by atoms with E-state index in [0.717, 1.165) is 44.2 Å². The van der Waals surface area contributed by atoms with Crippen LogP contribution in [0.15, 0.2) is 42.9 Å². The number of nitrogens with zero attached hydrogens (tertiary/aromatic N) is 4. The molecule has 4 rings (SSSR count). The predicted octanol–water partition coefficient (Wildman–Crippen LogP) is 4.03. The molecule has 5 nitrogen and oxygen atoms in total. The lowest BCUT2D eigenvalue weighted by atomic mass is 9.98. The van der Waals surface area contributed by atoms with E-state index in [9.17, 15) is 5.11 Å². The highest BCUT2D eigenvalue weighted by Gasteiger charge is 2.18. The van der Waals surface area contributed by atoms with Crippen molar-refractivity contribution in [2.24, 2.45) is 0 Å². The highest BCUT2D eigenvalue weighted by atomic mass is 16.3. The molecule has 1 N–H and O–H groups in total. The minimum absolute atomic E-state index is 0.451. The first-order valence-electron chi connectivity index (χ1n) is 8.73. The maximum atomic E-state index is 10.1. The number of rotatable bonds is 3. The van der Waals surface area contributed by atoms with E-state index in [1.165, 1.54) is 0 Å². The van der Waals surface area contributed by atoms with Crippen molar-refractivity contribution in [3.63, 3.8) is 0 Å². The lowest BCUT2D eigenvalue weighted by Gasteiger charge is -2.17. The molecule has 4 aromatic rings. The van der Waals surface area contributed by atoms with Gasteiger partial charge in [-0.3, -0.25) is 14.6 Å². The highest BCUT2D eigenvalue weighted by molar-refractivity contribution is 5.98. The fourth-order valence-corrected chi connectivity index (χ4v) is 3.43. The van der Waals surface area contributed by atoms with Gasteiger partial charge in [-0.25, -0.2) is 0 Å². The second-order valence-electron chi connectivity index (χ2n) is 7.49. The molecule has 3 heterocycles. The van der Waals surface area contributed by atoms with Crippen LogP contribution in [0.2, 0.25) is 0 Å². The Morgan fingerprint density at radius 3 is 2.62 bits per heavy atom. The molecule has 0 amide bonds. The van der Waals surface area contributed by atoms with Gasteiger partial charge in [0.25, 0.3) is 0 Å². The normalized spacial score (nSPS) is 12.2. The number of aryl methyl sites for hydroxylation is 2. The van der Waals surface area contributed by atoms with Gasteiger partial charge >= 0.3 is 0 Å². The van der Waals surface area contributed by atoms with E-state index in [4.69, 9.17) is 0 Å². The van der Waals surface area contributed by atoms with Crippen LogP contribution in [0.5, 0.6) is 0 Å². The van der Waals surface area contributed by atoms with Crippen LogP contribution in [-0.4, -0.2) is 30.5 Å². The third-order valence-corrected chi connectivity index (χ3v) is 4.67. The van der Waals surface area contributed by atoms with E-state index >= 15 is 0 Å². The summed E-state index contributed by atoms with van der Waals surface area (Å²) in [6, 6.07) is 8.22. The predicted molar refractivity (Wildman–Crippen MR) is 104 cm³/mol. The van der Waals surface area contributed by atoms with Gasteiger partial charge < -0.3 is 5.11 Å². The molecule has 0 bridgehead atoms. The zero-order valence-corrected chi connectivity index (χ0v) is 15.5. The van der Waals surface area contributed by atoms with Crippen molar-refractivity contribution in [2.75, 3.05) is 0 Å². The van der Waals surface area contributed by atoms with E-state index in [-0.39, 0.29) is 0 Å². The van der Waals surface area contributed by atoms with Crippen LogP contribution >= 0.6 is 0 Å². The number of aromatic nitrogens is 4. The summed E-state index contributed by atoms with van der Waals surface area (Å²) in [5.41, 5.74) is 4.38. The Hall–Kier alpha value is -2.79. The van der Waals surface area contributed by atoms with Crippen molar-refractivity contribution in [3.05, 3.63) is 54.1 Å². The summed E-state index contributed by atoms with van der Waals surface area (Å²) in [7, 11) is 0. The standard InChI is InChI=1S/C21H22N4O/c1-13-9-17-15(10-23-13)7-8-22-20(17)16-5-6-19-18(14(16)2)11-24-25(19)12-21(3,4)26/h5-11,26H,12H2,1-4H3. The smallest absolute Gasteiger partial charge is 0.0787 e. The zero-order valence-electron chi connectivity index (χ0n) is 15.5. The minimum atomic E-state index is -0.812. The molecule has 0 radical (unpaired) electrons. The third kappa shape index (κ3) is 2.84. The monoisotopic (exact) mass is 346 g/mol. The van der Waals surface area contributed by atoms with E-state index in [2.05, 4.69) is 40.2 Å². The molecule has 1 aromatic carbocycles. The second-order valence-corrected chi connectivity index (χ2v) is 7.49. The molecule has 0 saturated heterocycles. The number of aliphatic hydroxyl groups is 1. The summed E-state index contributed by atoms with van der Waals surface area (Å²) in [6.45, 7) is 8.12. The van der Waals surface area contributed by atoms with Gasteiger partial charge in [0, 0.05) is 39.8 Å². The average Bonchev–Trinajstić information content (AvgIpc) is 2.97. The molecular weight excluding hydrogens is 324 g/mol. The molecule has 0 aliphatic rings. The maximum absolute atomic E-state index is 10.1. The molecule has 5 heteroatoms. The molecular formula is C21H22N4O. The van der Waals surface area contributed by atoms with Crippen LogP contribution in [0.3, 0.4) is 0 Å². The number of benzene rings is 1. The third-order valence-electron chi connectivity index (χ3n) is 4.67. The van der Waals surface area contributed by atoms with Crippen LogP contribution in [0.1, 0.15) is 25.1 Å². The second kappa shape index (κ2) is 5.88. The molecule has 0 aliphatic carbocycles. The van der Waals surface area contributed by atoms with E-state index in [1.54, 1.807) is 13.8 Å². The lowest BCUT2D eigenvalue weighted by molar-refractivity contribution is 0.0591. The highest BCUT2D eigenvalue weighted by Crippen LogP contribution is 2.33. The van der Waals surface area contributed by atoms with Gasteiger partial charge in [-0.2, -0.15) is 5.10 Å². The van der Waals surface area contributed by atoms with Crippen molar-refractivity contribution in [2.45, 2.75) is 39.8 Å². The Labute approximate surface area is 152 Å². The average molecular weight is 346 g/mol. The Bertz CT molecular complexity index is 1120. The maximum Gasteiger partial charge on any atom is 0.0787 e. The fourth-order valence-electron chi connectivity index (χ4n) is 3.43. The minimum Gasteiger partial charge on any atom is -0.389 e. The molecule has 132 valence electrons. The van der Waals surface area contributed by atoms with Crippen molar-refractivity contribution in [3.8, 4) is 11.3 Å². The Kier molecular flexibility index (Phi) is 3.77. The van der Waals surface area contributed by atoms with Gasteiger partial charge in [0.15, 0.2) is 0 Å². The summed E-state index contributed by atoms with van der Waals surface area (Å²) in [5.74, 6) is 0. The largest absolute Gasteiger partial charge is 0.389 e. The van der Waals surface area contributed by atoms with Crippen LogP contribution < -0.4 is 0 Å². The van der Waals surface area contributed by atoms with Crippen LogP contribution in [-0.2, 0) is 6.54 Å². The topological polar surface area (TPSA) is 63.8 Å². The van der Waals surface area contributed by atoms with Gasteiger partial charge in [0.2, 0.25) is 0 Å². The molecule has 3 aromatic heterocycles. The lowest BCUT2D eigenvalue weighted by Crippen LogP contribution is -2.26. The number of fused-ring (bicyclic) bond motifs is 2. The first kappa shape index (κ1) is 16.7. The Morgan fingerprint density at radius 1 is 1.04 bits per heavy atom. The van der Waals surface area contributed by atoms with Crippen LogP contribution in [0, 0.1) is 13.8 Å². The van der Waals surface area contributed by atoms with E-state index in [0.29, 0.717) is 6.54 Å². The van der Waals surface area contributed by atoms with Crippen molar-refractivity contribution < 1.29 is 5.11 Å². The number of pyridine rings is 2. The first-order chi connectivity index (χ1) is 12.3. The van der Waals surface area contributed by atoms with E-state index in [1.807, 2.05) is 36.3 Å². The Balaban J connectivity index is 1.91. The SMILES string of the molecule is Cc1cc2c(-c3ccc4c(cnn4CC(C)(C)O)c3C)nccc2cn1.